The number of carbonyl (C=O) groups excluding carboxylic acids is 2. The molecular weight excluding hydrogens is 352 g/mol. The quantitative estimate of drug-likeness (QED) is 0.689. The van der Waals surface area contributed by atoms with E-state index in [1.165, 1.54) is 7.11 Å². The van der Waals surface area contributed by atoms with Gasteiger partial charge in [0.2, 0.25) is 5.91 Å². The van der Waals surface area contributed by atoms with Crippen LogP contribution in [0, 0.1) is 5.92 Å². The van der Waals surface area contributed by atoms with Gasteiger partial charge in [-0.25, -0.2) is 0 Å². The zero-order chi connectivity index (χ0) is 18.9. The average Bonchev–Trinajstić information content (AvgIpc) is 2.66. The second-order valence-corrected chi connectivity index (χ2v) is 7.42. The van der Waals surface area contributed by atoms with Crippen LogP contribution in [0.3, 0.4) is 0 Å². The summed E-state index contributed by atoms with van der Waals surface area (Å²) in [6.07, 6.45) is 4.93. The number of amides is 1. The summed E-state index contributed by atoms with van der Waals surface area (Å²) in [5.74, 6) is 0.458. The zero-order valence-electron chi connectivity index (χ0n) is 15.7. The van der Waals surface area contributed by atoms with E-state index >= 15 is 0 Å². The fourth-order valence-corrected chi connectivity index (χ4v) is 3.59. The van der Waals surface area contributed by atoms with Gasteiger partial charge in [0.15, 0.2) is 0 Å². The van der Waals surface area contributed by atoms with Gasteiger partial charge in [0.1, 0.15) is 0 Å². The van der Waals surface area contributed by atoms with Gasteiger partial charge in [-0.15, -0.1) is 0 Å². The van der Waals surface area contributed by atoms with Gasteiger partial charge in [-0.05, 0) is 63.7 Å². The molecule has 1 saturated heterocycles. The smallest absolute Gasteiger partial charge is 0.305 e. The molecule has 1 amide bonds. The second-order valence-electron chi connectivity index (χ2n) is 7.01. The van der Waals surface area contributed by atoms with Crippen molar-refractivity contribution in [3.8, 4) is 0 Å². The Balaban J connectivity index is 1.66. The molecule has 1 N–H and O–H groups in total. The van der Waals surface area contributed by atoms with Crippen molar-refractivity contribution in [2.75, 3.05) is 25.5 Å². The van der Waals surface area contributed by atoms with Gasteiger partial charge in [0.05, 0.1) is 17.8 Å². The number of carbonyl (C=O) groups is 2. The molecule has 1 fully saturated rings. The molecule has 0 spiro atoms. The Morgan fingerprint density at radius 1 is 1.27 bits per heavy atom. The van der Waals surface area contributed by atoms with Crippen LogP contribution in [0.2, 0.25) is 5.02 Å². The number of ether oxygens (including phenoxy) is 1. The number of para-hydroxylation sites is 1. The van der Waals surface area contributed by atoms with Crippen molar-refractivity contribution in [3.05, 3.63) is 29.3 Å². The van der Waals surface area contributed by atoms with Gasteiger partial charge in [-0.3, -0.25) is 9.59 Å². The number of nitrogens with zero attached hydrogens (tertiary/aromatic N) is 1. The number of anilines is 1. The molecule has 5 nitrogen and oxygen atoms in total. The Kier molecular flexibility index (Phi) is 8.39. The maximum atomic E-state index is 12.1. The SMILES string of the molecule is COC(=O)CCC(C)N1CCC(CCC(=O)Nc2ccccc2Cl)CC1. The van der Waals surface area contributed by atoms with E-state index in [0.717, 1.165) is 38.8 Å². The minimum Gasteiger partial charge on any atom is -0.469 e. The Labute approximate surface area is 161 Å². The van der Waals surface area contributed by atoms with Crippen LogP contribution in [0.1, 0.15) is 45.4 Å². The number of rotatable bonds is 8. The van der Waals surface area contributed by atoms with E-state index in [9.17, 15) is 9.59 Å². The Morgan fingerprint density at radius 3 is 2.62 bits per heavy atom. The highest BCUT2D eigenvalue weighted by molar-refractivity contribution is 6.33. The van der Waals surface area contributed by atoms with E-state index in [0.29, 0.717) is 35.5 Å². The summed E-state index contributed by atoms with van der Waals surface area (Å²) >= 11 is 6.07. The van der Waals surface area contributed by atoms with Crippen LogP contribution in [-0.2, 0) is 14.3 Å². The number of nitrogens with one attached hydrogen (secondary N) is 1. The summed E-state index contributed by atoms with van der Waals surface area (Å²) < 4.78 is 4.71. The van der Waals surface area contributed by atoms with Crippen molar-refractivity contribution in [3.63, 3.8) is 0 Å². The van der Waals surface area contributed by atoms with E-state index in [4.69, 9.17) is 16.3 Å². The van der Waals surface area contributed by atoms with Gasteiger partial charge in [-0.2, -0.15) is 0 Å². The predicted octanol–water partition coefficient (Wildman–Crippen LogP) is 4.11. The Hall–Kier alpha value is -1.59. The first kappa shape index (κ1) is 20.7. The molecule has 6 heteroatoms. The van der Waals surface area contributed by atoms with E-state index in [-0.39, 0.29) is 11.9 Å². The normalized spacial score (nSPS) is 16.9. The van der Waals surface area contributed by atoms with Crippen LogP contribution in [0.25, 0.3) is 0 Å². The molecule has 1 unspecified atom stereocenters. The second kappa shape index (κ2) is 10.5. The van der Waals surface area contributed by atoms with Crippen LogP contribution < -0.4 is 5.32 Å². The number of methoxy groups -OCH3 is 1. The molecule has 2 rings (SSSR count). The predicted molar refractivity (Wildman–Crippen MR) is 104 cm³/mol. The third-order valence-electron chi connectivity index (χ3n) is 5.19. The largest absolute Gasteiger partial charge is 0.469 e. The number of hydrogen-bond acceptors (Lipinski definition) is 4. The fourth-order valence-electron chi connectivity index (χ4n) is 3.40. The molecule has 1 aromatic carbocycles. The van der Waals surface area contributed by atoms with Crippen molar-refractivity contribution in [1.82, 2.24) is 4.90 Å². The maximum Gasteiger partial charge on any atom is 0.305 e. The monoisotopic (exact) mass is 380 g/mol. The van der Waals surface area contributed by atoms with E-state index in [2.05, 4.69) is 17.1 Å². The zero-order valence-corrected chi connectivity index (χ0v) is 16.4. The lowest BCUT2D eigenvalue weighted by Gasteiger charge is -2.36. The molecule has 0 radical (unpaired) electrons. The van der Waals surface area contributed by atoms with Crippen molar-refractivity contribution in [2.24, 2.45) is 5.92 Å². The molecule has 0 aromatic heterocycles. The molecule has 0 bridgehead atoms. The molecule has 1 atom stereocenters. The summed E-state index contributed by atoms with van der Waals surface area (Å²) in [7, 11) is 1.43. The number of esters is 1. The van der Waals surface area contributed by atoms with Crippen molar-refractivity contribution >= 4 is 29.2 Å². The van der Waals surface area contributed by atoms with E-state index in [1.54, 1.807) is 6.07 Å². The topological polar surface area (TPSA) is 58.6 Å². The molecule has 144 valence electrons. The van der Waals surface area contributed by atoms with Gasteiger partial charge < -0.3 is 15.0 Å². The molecular formula is C20H29ClN2O3. The third kappa shape index (κ3) is 6.61. The number of likely N-dealkylation sites (tertiary alicyclic amines) is 1. The van der Waals surface area contributed by atoms with Crippen LogP contribution in [0.4, 0.5) is 5.69 Å². The first-order valence-corrected chi connectivity index (χ1v) is 9.72. The lowest BCUT2D eigenvalue weighted by atomic mass is 9.91. The maximum absolute atomic E-state index is 12.1. The first-order chi connectivity index (χ1) is 12.5. The third-order valence-corrected chi connectivity index (χ3v) is 5.52. The van der Waals surface area contributed by atoms with Crippen LogP contribution in [0.15, 0.2) is 24.3 Å². The summed E-state index contributed by atoms with van der Waals surface area (Å²) in [5.41, 5.74) is 0.674. The molecule has 1 aromatic rings. The van der Waals surface area contributed by atoms with Crippen LogP contribution in [0.5, 0.6) is 0 Å². The van der Waals surface area contributed by atoms with Gasteiger partial charge in [0, 0.05) is 18.9 Å². The fraction of sp³-hybridized carbons (Fsp3) is 0.600. The van der Waals surface area contributed by atoms with Gasteiger partial charge in [0.25, 0.3) is 0 Å². The lowest BCUT2D eigenvalue weighted by molar-refractivity contribution is -0.141. The highest BCUT2D eigenvalue weighted by Gasteiger charge is 2.23. The molecule has 1 heterocycles. The van der Waals surface area contributed by atoms with E-state index < -0.39 is 0 Å². The summed E-state index contributed by atoms with van der Waals surface area (Å²) in [4.78, 5) is 25.8. The van der Waals surface area contributed by atoms with Crippen molar-refractivity contribution < 1.29 is 14.3 Å². The highest BCUT2D eigenvalue weighted by Crippen LogP contribution is 2.25. The van der Waals surface area contributed by atoms with E-state index in [1.807, 2.05) is 18.2 Å². The van der Waals surface area contributed by atoms with Crippen LogP contribution in [-0.4, -0.2) is 43.0 Å². The van der Waals surface area contributed by atoms with Crippen LogP contribution >= 0.6 is 11.6 Å². The Morgan fingerprint density at radius 2 is 1.96 bits per heavy atom. The van der Waals surface area contributed by atoms with Gasteiger partial charge in [-0.1, -0.05) is 23.7 Å². The number of halogens is 1. The highest BCUT2D eigenvalue weighted by atomic mass is 35.5. The summed E-state index contributed by atoms with van der Waals surface area (Å²) in [6.45, 7) is 4.22. The van der Waals surface area contributed by atoms with Gasteiger partial charge >= 0.3 is 5.97 Å². The minimum absolute atomic E-state index is 0.0203. The molecule has 0 saturated carbocycles. The molecule has 1 aliphatic rings. The summed E-state index contributed by atoms with van der Waals surface area (Å²) in [6, 6.07) is 7.68. The molecule has 0 aliphatic carbocycles. The van der Waals surface area contributed by atoms with Crippen molar-refractivity contribution in [2.45, 2.75) is 51.5 Å². The number of piperidine rings is 1. The lowest BCUT2D eigenvalue weighted by Crippen LogP contribution is -2.40. The first-order valence-electron chi connectivity index (χ1n) is 9.35. The number of hydrogen-bond donors (Lipinski definition) is 1. The Bertz CT molecular complexity index is 600. The molecule has 1 aliphatic heterocycles. The standard InChI is InChI=1S/C20H29ClN2O3/c1-15(7-10-20(25)26-2)23-13-11-16(12-14-23)8-9-19(24)22-18-6-4-3-5-17(18)21/h3-6,15-16H,7-14H2,1-2H3,(H,22,24). The average molecular weight is 381 g/mol. The minimum atomic E-state index is -0.142. The molecule has 26 heavy (non-hydrogen) atoms. The summed E-state index contributed by atoms with van der Waals surface area (Å²) in [5, 5.41) is 3.45. The van der Waals surface area contributed by atoms with Crippen molar-refractivity contribution in [1.29, 1.82) is 0 Å². The number of benzene rings is 1.